The van der Waals surface area contributed by atoms with Gasteiger partial charge in [-0.2, -0.15) is 8.42 Å². The molecule has 0 aromatic heterocycles. The van der Waals surface area contributed by atoms with Crippen LogP contribution in [0.5, 0.6) is 0 Å². The molecule has 0 aliphatic carbocycles. The van der Waals surface area contributed by atoms with Crippen molar-refractivity contribution in [2.75, 3.05) is 7.11 Å². The zero-order chi connectivity index (χ0) is 12.6. The molecule has 0 unspecified atom stereocenters. The van der Waals surface area contributed by atoms with Gasteiger partial charge in [-0.3, -0.25) is 8.75 Å². The van der Waals surface area contributed by atoms with Gasteiger partial charge in [-0.05, 0) is 41.5 Å². The lowest BCUT2D eigenvalue weighted by atomic mass is 10.2. The third kappa shape index (κ3) is 2.99. The largest absolute Gasteiger partial charge is 0.297 e. The standard InChI is InChI=1S/C8H9Cl2O4PS/c1-6-3-4-8(16(12,13)14-2)7(5-6)15(9,10)11/h3-5H,1-2H3. The van der Waals surface area contributed by atoms with Crippen LogP contribution in [0.3, 0.4) is 0 Å². The summed E-state index contributed by atoms with van der Waals surface area (Å²) in [6.07, 6.45) is 0. The first kappa shape index (κ1) is 14.0. The summed E-state index contributed by atoms with van der Waals surface area (Å²) in [6.45, 7) is 1.70. The Bertz CT molecular complexity index is 549. The Morgan fingerprint density at radius 1 is 1.31 bits per heavy atom. The normalized spacial score (nSPS) is 12.8. The van der Waals surface area contributed by atoms with Gasteiger partial charge in [-0.15, -0.1) is 0 Å². The molecule has 8 heteroatoms. The number of aryl methyl sites for hydroxylation is 1. The molecule has 0 spiro atoms. The van der Waals surface area contributed by atoms with Gasteiger partial charge in [-0.25, -0.2) is 0 Å². The predicted molar refractivity (Wildman–Crippen MR) is 64.3 cm³/mol. The van der Waals surface area contributed by atoms with Crippen LogP contribution in [0.25, 0.3) is 0 Å². The molecule has 0 aliphatic rings. The molecular formula is C8H9Cl2O4PS. The van der Waals surface area contributed by atoms with E-state index in [1.807, 2.05) is 0 Å². The van der Waals surface area contributed by atoms with Gasteiger partial charge >= 0.3 is 0 Å². The quantitative estimate of drug-likeness (QED) is 0.636. The first-order valence-corrected chi connectivity index (χ1v) is 9.02. The second kappa shape index (κ2) is 4.67. The Labute approximate surface area is 104 Å². The van der Waals surface area contributed by atoms with Gasteiger partial charge in [0.2, 0.25) is 0 Å². The summed E-state index contributed by atoms with van der Waals surface area (Å²) in [4.78, 5) is -0.270. The monoisotopic (exact) mass is 302 g/mol. The lowest BCUT2D eigenvalue weighted by Gasteiger charge is -2.10. The smallest absolute Gasteiger partial charge is 0.284 e. The number of hydrogen-bond donors (Lipinski definition) is 0. The van der Waals surface area contributed by atoms with E-state index in [1.54, 1.807) is 13.0 Å². The molecule has 1 aromatic rings. The maximum Gasteiger partial charge on any atom is 0.297 e. The molecule has 16 heavy (non-hydrogen) atoms. The van der Waals surface area contributed by atoms with E-state index < -0.39 is 16.0 Å². The number of benzene rings is 1. The van der Waals surface area contributed by atoms with Crippen molar-refractivity contribution in [3.8, 4) is 0 Å². The lowest BCUT2D eigenvalue weighted by Crippen LogP contribution is -2.14. The highest BCUT2D eigenvalue weighted by molar-refractivity contribution is 8.13. The van der Waals surface area contributed by atoms with E-state index in [0.717, 1.165) is 7.11 Å². The van der Waals surface area contributed by atoms with Crippen molar-refractivity contribution in [1.82, 2.24) is 0 Å². The van der Waals surface area contributed by atoms with E-state index in [0.29, 0.717) is 5.56 Å². The summed E-state index contributed by atoms with van der Waals surface area (Å²) < 4.78 is 38.9. The summed E-state index contributed by atoms with van der Waals surface area (Å²) in [7, 11) is -2.96. The van der Waals surface area contributed by atoms with Crippen LogP contribution in [0.15, 0.2) is 23.1 Å². The van der Waals surface area contributed by atoms with Crippen LogP contribution < -0.4 is 5.30 Å². The Hall–Kier alpha value is -0.0600. The molecule has 0 fully saturated rings. The van der Waals surface area contributed by atoms with E-state index in [9.17, 15) is 13.0 Å². The Morgan fingerprint density at radius 2 is 1.88 bits per heavy atom. The van der Waals surface area contributed by atoms with E-state index in [-0.39, 0.29) is 10.2 Å². The van der Waals surface area contributed by atoms with Crippen LogP contribution in [-0.4, -0.2) is 15.5 Å². The molecule has 4 nitrogen and oxygen atoms in total. The van der Waals surface area contributed by atoms with Gasteiger partial charge in [-0.1, -0.05) is 11.6 Å². The summed E-state index contributed by atoms with van der Waals surface area (Å²) in [5.74, 6) is -3.71. The highest BCUT2D eigenvalue weighted by Crippen LogP contribution is 2.56. The zero-order valence-corrected chi connectivity index (χ0v) is 11.7. The van der Waals surface area contributed by atoms with Gasteiger partial charge < -0.3 is 0 Å². The Balaban J connectivity index is 3.60. The minimum Gasteiger partial charge on any atom is -0.284 e. The second-order valence-corrected chi connectivity index (χ2v) is 9.52. The van der Waals surface area contributed by atoms with Gasteiger partial charge in [0.15, 0.2) is 0 Å². The van der Waals surface area contributed by atoms with Crippen LogP contribution in [0.2, 0.25) is 0 Å². The molecule has 0 heterocycles. The van der Waals surface area contributed by atoms with Gasteiger partial charge in [0, 0.05) is 0 Å². The van der Waals surface area contributed by atoms with Crippen LogP contribution in [0.1, 0.15) is 5.56 Å². The molecule has 0 saturated heterocycles. The maximum absolute atomic E-state index is 11.6. The average Bonchev–Trinajstić information content (AvgIpc) is 2.16. The minimum atomic E-state index is -3.97. The van der Waals surface area contributed by atoms with Crippen LogP contribution in [-0.2, 0) is 18.9 Å². The molecule has 0 N–H and O–H groups in total. The average molecular weight is 303 g/mol. The molecule has 90 valence electrons. The van der Waals surface area contributed by atoms with Gasteiger partial charge in [0.1, 0.15) is 4.90 Å². The van der Waals surface area contributed by atoms with E-state index >= 15 is 0 Å². The third-order valence-corrected chi connectivity index (χ3v) is 5.39. The Kier molecular flexibility index (Phi) is 4.08. The SMILES string of the molecule is COS(=O)(=O)c1ccc(C)cc1P(=O)(Cl)Cl. The fraction of sp³-hybridized carbons (Fsp3) is 0.250. The minimum absolute atomic E-state index is 0.127. The lowest BCUT2D eigenvalue weighted by molar-refractivity contribution is 0.398. The van der Waals surface area contributed by atoms with Crippen LogP contribution >= 0.6 is 28.3 Å². The number of halogens is 2. The van der Waals surface area contributed by atoms with Crippen LogP contribution in [0, 0.1) is 6.92 Å². The third-order valence-electron chi connectivity index (χ3n) is 1.88. The van der Waals surface area contributed by atoms with E-state index in [2.05, 4.69) is 4.18 Å². The fourth-order valence-corrected chi connectivity index (χ4v) is 4.41. The molecule has 0 bridgehead atoms. The predicted octanol–water partition coefficient (Wildman–Crippen LogP) is 2.63. The van der Waals surface area contributed by atoms with Crippen LogP contribution in [0.4, 0.5) is 0 Å². The Morgan fingerprint density at radius 3 is 2.31 bits per heavy atom. The number of hydrogen-bond acceptors (Lipinski definition) is 4. The van der Waals surface area contributed by atoms with E-state index in [4.69, 9.17) is 22.5 Å². The first-order chi connectivity index (χ1) is 7.18. The first-order valence-electron chi connectivity index (χ1n) is 4.09. The maximum atomic E-state index is 11.6. The van der Waals surface area contributed by atoms with Crippen molar-refractivity contribution in [3.05, 3.63) is 23.8 Å². The van der Waals surface area contributed by atoms with Crippen molar-refractivity contribution in [1.29, 1.82) is 0 Å². The molecule has 0 amide bonds. The molecule has 0 atom stereocenters. The van der Waals surface area contributed by atoms with Crippen molar-refractivity contribution in [3.63, 3.8) is 0 Å². The highest BCUT2D eigenvalue weighted by atomic mass is 35.9. The molecular weight excluding hydrogens is 294 g/mol. The summed E-state index contributed by atoms with van der Waals surface area (Å²) in [5, 5.41) is -0.127. The highest BCUT2D eigenvalue weighted by Gasteiger charge is 2.28. The van der Waals surface area contributed by atoms with E-state index in [1.165, 1.54) is 12.1 Å². The molecule has 0 radical (unpaired) electrons. The summed E-state index contributed by atoms with van der Waals surface area (Å²) >= 11 is 11.0. The topological polar surface area (TPSA) is 60.4 Å². The molecule has 0 saturated carbocycles. The van der Waals surface area contributed by atoms with Gasteiger partial charge in [0.25, 0.3) is 16.0 Å². The van der Waals surface area contributed by atoms with Crippen molar-refractivity contribution >= 4 is 43.8 Å². The summed E-state index contributed by atoms with van der Waals surface area (Å²) in [5.41, 5.74) is 0.701. The number of rotatable bonds is 3. The zero-order valence-electron chi connectivity index (χ0n) is 8.48. The fourth-order valence-electron chi connectivity index (χ4n) is 1.13. The summed E-state index contributed by atoms with van der Waals surface area (Å²) in [6, 6.07) is 4.17. The van der Waals surface area contributed by atoms with Crippen molar-refractivity contribution in [2.24, 2.45) is 0 Å². The second-order valence-electron chi connectivity index (χ2n) is 3.05. The van der Waals surface area contributed by atoms with Gasteiger partial charge in [0.05, 0.1) is 12.4 Å². The molecule has 0 aliphatic heterocycles. The van der Waals surface area contributed by atoms with Crippen molar-refractivity contribution < 1.29 is 17.2 Å². The molecule has 1 rings (SSSR count). The van der Waals surface area contributed by atoms with Crippen molar-refractivity contribution in [2.45, 2.75) is 11.8 Å². The molecule has 1 aromatic carbocycles.